The predicted molar refractivity (Wildman–Crippen MR) is 338 cm³/mol. The first kappa shape index (κ1) is 62.6. The van der Waals surface area contributed by atoms with E-state index in [9.17, 15) is 19.2 Å². The van der Waals surface area contributed by atoms with Crippen LogP contribution in [0.25, 0.3) is 22.0 Å². The summed E-state index contributed by atoms with van der Waals surface area (Å²) >= 11 is 1.09. The summed E-state index contributed by atoms with van der Waals surface area (Å²) < 4.78 is 58.5. The molecule has 7 aromatic carbocycles. The summed E-state index contributed by atoms with van der Waals surface area (Å²) in [7, 11) is 1.23. The van der Waals surface area contributed by atoms with Gasteiger partial charge in [0.15, 0.2) is 0 Å². The number of aromatic nitrogens is 1. The van der Waals surface area contributed by atoms with Crippen LogP contribution >= 0.6 is 11.8 Å². The van der Waals surface area contributed by atoms with Gasteiger partial charge in [0.25, 0.3) is 0 Å². The second kappa shape index (κ2) is 29.1. The maximum atomic E-state index is 15.5. The van der Waals surface area contributed by atoms with Crippen molar-refractivity contribution in [2.45, 2.75) is 113 Å². The Morgan fingerprint density at radius 3 is 1.73 bits per heavy atom. The average molecular weight is 1230 g/mol. The third-order valence-electron chi connectivity index (χ3n) is 15.6. The molecule has 3 heterocycles. The number of rotatable bonds is 23. The van der Waals surface area contributed by atoms with Gasteiger partial charge in [-0.3, -0.25) is 4.79 Å². The number of benzene rings is 7. The summed E-state index contributed by atoms with van der Waals surface area (Å²) in [6.07, 6.45) is -6.00. The number of esters is 2. The first-order chi connectivity index (χ1) is 43.8. The Balaban J connectivity index is 0.930. The number of hydrogen-bond donors (Lipinski definition) is 2. The number of ether oxygens (including phenoxy) is 9. The van der Waals surface area contributed by atoms with E-state index in [2.05, 4.69) is 10.6 Å². The molecule has 8 aromatic rings. The number of hydrogen-bond acceptors (Lipinski definition) is 15. The summed E-state index contributed by atoms with van der Waals surface area (Å²) in [4.78, 5) is 73.3. The molecule has 1 aliphatic carbocycles. The highest BCUT2D eigenvalue weighted by atomic mass is 32.2. The minimum absolute atomic E-state index is 0.0263. The number of carbonyl (C=O) groups is 5. The van der Waals surface area contributed by atoms with Crippen LogP contribution in [0.15, 0.2) is 211 Å². The summed E-state index contributed by atoms with van der Waals surface area (Å²) in [5, 5.41) is 5.54. The molecule has 2 aliphatic heterocycles. The Kier molecular flexibility index (Phi) is 20.2. The lowest BCUT2D eigenvalue weighted by Gasteiger charge is -2.48. The highest BCUT2D eigenvalue weighted by Crippen LogP contribution is 2.46. The Bertz CT molecular complexity index is 3770. The molecule has 90 heavy (non-hydrogen) atoms. The molecule has 7 atom stereocenters. The number of nitrogens with one attached hydrogen (secondary N) is 2. The van der Waals surface area contributed by atoms with Crippen molar-refractivity contribution in [2.75, 3.05) is 20.3 Å². The molecule has 2 N–H and O–H groups in total. The highest BCUT2D eigenvalue weighted by Gasteiger charge is 2.53. The fourth-order valence-electron chi connectivity index (χ4n) is 11.4. The summed E-state index contributed by atoms with van der Waals surface area (Å²) in [6.45, 7) is 5.61. The summed E-state index contributed by atoms with van der Waals surface area (Å²) in [5.41, 5.74) is 7.28. The first-order valence-corrected chi connectivity index (χ1v) is 30.8. The first-order valence-electron chi connectivity index (χ1n) is 29.9. The molecular formula is C72H71N3O14S. The molecule has 11 rings (SSSR count). The van der Waals surface area contributed by atoms with Crippen molar-refractivity contribution >= 4 is 52.7 Å². The molecule has 464 valence electrons. The van der Waals surface area contributed by atoms with E-state index in [0.29, 0.717) is 22.2 Å². The van der Waals surface area contributed by atoms with Crippen LogP contribution in [-0.2, 0) is 89.9 Å². The number of nitrogens with zero attached hydrogens (tertiary/aromatic N) is 1. The predicted octanol–water partition coefficient (Wildman–Crippen LogP) is 12.1. The van der Waals surface area contributed by atoms with Crippen LogP contribution in [0.3, 0.4) is 0 Å². The standard InChI is InChI=1S/C72H71N3O14S/c1-72(2,3)89-71(80)75-51(37-50-31-17-22-36-59(50)75)38-57(74-70(79)86-44-56-54-34-20-18-32-52(54)53-33-19-21-35-55(53)56)66(76)73-58(67(77)85-43-49-29-15-8-16-30-49)39-60-64(68(78)81-4)90-65-63(84-42-48-27-13-7-14-28-48)62(83-41-47-25-11-6-12-26-47)61(88-69(65)87-60)45-82-40-46-23-9-5-10-24-46/h5-37,56-58,61-63,65,69H,38-45H2,1-4H3,(H,73,76)(H,74,79)/t57-,58-,61+,62+,63-,65+,69-/m0/s1. The van der Waals surface area contributed by atoms with Gasteiger partial charge >= 0.3 is 24.1 Å². The Hall–Kier alpha value is -9.04. The van der Waals surface area contributed by atoms with Gasteiger partial charge in [0.05, 0.1) is 39.1 Å². The van der Waals surface area contributed by atoms with Crippen LogP contribution in [-0.4, -0.2) is 102 Å². The third kappa shape index (κ3) is 15.3. The van der Waals surface area contributed by atoms with Crippen molar-refractivity contribution in [1.29, 1.82) is 0 Å². The topological polar surface area (TPSA) is 197 Å². The van der Waals surface area contributed by atoms with E-state index >= 15 is 4.79 Å². The zero-order valence-corrected chi connectivity index (χ0v) is 51.2. The lowest BCUT2D eigenvalue weighted by atomic mass is 9.98. The van der Waals surface area contributed by atoms with Gasteiger partial charge in [-0.05, 0) is 77.4 Å². The van der Waals surface area contributed by atoms with E-state index in [1.54, 1.807) is 63.2 Å². The van der Waals surface area contributed by atoms with Crippen LogP contribution in [0, 0.1) is 0 Å². The van der Waals surface area contributed by atoms with Gasteiger partial charge < -0.3 is 53.3 Å². The van der Waals surface area contributed by atoms with Crippen molar-refractivity contribution in [1.82, 2.24) is 15.2 Å². The molecule has 1 fully saturated rings. The van der Waals surface area contributed by atoms with E-state index in [0.717, 1.165) is 50.7 Å². The fraction of sp³-hybridized carbons (Fsp3) is 0.292. The smallest absolute Gasteiger partial charge is 0.419 e. The number of para-hydroxylation sites is 1. The van der Waals surface area contributed by atoms with Gasteiger partial charge in [0, 0.05) is 29.8 Å². The quantitative estimate of drug-likeness (QED) is 0.0453. The molecule has 17 nitrogen and oxygen atoms in total. The zero-order valence-electron chi connectivity index (χ0n) is 50.4. The fourth-order valence-corrected chi connectivity index (χ4v) is 12.7. The Morgan fingerprint density at radius 1 is 0.589 bits per heavy atom. The third-order valence-corrected chi connectivity index (χ3v) is 17.0. The van der Waals surface area contributed by atoms with Crippen molar-refractivity contribution < 1.29 is 66.6 Å². The van der Waals surface area contributed by atoms with E-state index in [-0.39, 0.29) is 62.6 Å². The Labute approximate surface area is 526 Å². The van der Waals surface area contributed by atoms with Crippen LogP contribution in [0.4, 0.5) is 9.59 Å². The van der Waals surface area contributed by atoms with Gasteiger partial charge in [-0.15, -0.1) is 11.8 Å². The van der Waals surface area contributed by atoms with Gasteiger partial charge in [-0.2, -0.15) is 0 Å². The van der Waals surface area contributed by atoms with E-state index < -0.39 is 84.0 Å². The second-order valence-corrected chi connectivity index (χ2v) is 24.3. The van der Waals surface area contributed by atoms with Crippen LogP contribution in [0.5, 0.6) is 0 Å². The highest BCUT2D eigenvalue weighted by molar-refractivity contribution is 8.04. The molecule has 1 saturated heterocycles. The minimum atomic E-state index is -1.60. The molecule has 0 spiro atoms. The van der Waals surface area contributed by atoms with Gasteiger partial charge in [-0.25, -0.2) is 23.7 Å². The molecule has 0 radical (unpaired) electrons. The Morgan fingerprint density at radius 2 is 1.13 bits per heavy atom. The van der Waals surface area contributed by atoms with Crippen molar-refractivity contribution in [3.8, 4) is 11.1 Å². The van der Waals surface area contributed by atoms with Crippen molar-refractivity contribution in [3.63, 3.8) is 0 Å². The van der Waals surface area contributed by atoms with Crippen LogP contribution in [0.1, 0.15) is 72.2 Å². The normalized spacial score (nSPS) is 18.4. The molecule has 0 bridgehead atoms. The largest absolute Gasteiger partial charge is 0.466 e. The molecular weight excluding hydrogens is 1160 g/mol. The van der Waals surface area contributed by atoms with Gasteiger partial charge in [-0.1, -0.05) is 188 Å². The molecule has 18 heteroatoms. The van der Waals surface area contributed by atoms with E-state index in [1.807, 2.05) is 158 Å². The minimum Gasteiger partial charge on any atom is -0.466 e. The number of amides is 2. The second-order valence-electron chi connectivity index (χ2n) is 23.1. The monoisotopic (exact) mass is 1230 g/mol. The van der Waals surface area contributed by atoms with Crippen molar-refractivity contribution in [2.24, 2.45) is 0 Å². The number of fused-ring (bicyclic) bond motifs is 5. The SMILES string of the molecule is COC(=O)C1=C(C[C@H](NC(=O)[C@H](Cc2cc3ccccc3n2C(=O)OC(C)(C)C)NC(=O)OCC2c3ccccc3-c3ccccc32)C(=O)OCc2ccccc2)O[C@H]2O[C@H](COCc3ccccc3)[C@@H](OCc3ccccc3)[C@H](OCc3ccccc3)[C@H]2S1. The van der Waals surface area contributed by atoms with E-state index in [4.69, 9.17) is 42.6 Å². The molecule has 1 aromatic heterocycles. The summed E-state index contributed by atoms with van der Waals surface area (Å²) in [5.74, 6) is -2.95. The number of thioether (sulfide) groups is 1. The lowest BCUT2D eigenvalue weighted by Crippen LogP contribution is -2.61. The zero-order chi connectivity index (χ0) is 62.6. The van der Waals surface area contributed by atoms with Gasteiger partial charge in [0.2, 0.25) is 12.2 Å². The summed E-state index contributed by atoms with van der Waals surface area (Å²) in [6, 6.07) is 59.6. The maximum absolute atomic E-state index is 15.5. The molecule has 0 saturated carbocycles. The van der Waals surface area contributed by atoms with Crippen molar-refractivity contribution in [3.05, 3.63) is 250 Å². The average Bonchev–Trinajstić information content (AvgIpc) is 1.06. The number of alkyl carbamates (subject to hydrolysis) is 1. The number of methoxy groups -OCH3 is 1. The lowest BCUT2D eigenvalue weighted by molar-refractivity contribution is -0.267. The van der Waals surface area contributed by atoms with Crippen LogP contribution in [0.2, 0.25) is 0 Å². The molecule has 3 aliphatic rings. The molecule has 0 unspecified atom stereocenters. The molecule has 2 amide bonds. The van der Waals surface area contributed by atoms with E-state index in [1.165, 1.54) is 11.7 Å². The van der Waals surface area contributed by atoms with Crippen LogP contribution < -0.4 is 10.6 Å². The number of carbonyl (C=O) groups excluding carboxylic acids is 5. The van der Waals surface area contributed by atoms with Gasteiger partial charge in [0.1, 0.15) is 65.1 Å². The maximum Gasteiger partial charge on any atom is 0.419 e.